The van der Waals surface area contributed by atoms with E-state index in [1.54, 1.807) is 24.3 Å². The molecule has 1 rings (SSSR count). The lowest BCUT2D eigenvalue weighted by Gasteiger charge is -2.30. The Morgan fingerprint density at radius 2 is 1.66 bits per heavy atom. The van der Waals surface area contributed by atoms with Gasteiger partial charge in [-0.3, -0.25) is 14.4 Å². The molecule has 0 fully saturated rings. The summed E-state index contributed by atoms with van der Waals surface area (Å²) in [5.41, 5.74) is 7.23. The van der Waals surface area contributed by atoms with Crippen molar-refractivity contribution in [2.45, 2.75) is 79.4 Å². The monoisotopic (exact) mass is 490 g/mol. The van der Waals surface area contributed by atoms with Crippen LogP contribution < -0.4 is 21.7 Å². The second-order valence-electron chi connectivity index (χ2n) is 10.1. The van der Waals surface area contributed by atoms with Crippen LogP contribution in [0.1, 0.15) is 77.6 Å². The fourth-order valence-corrected chi connectivity index (χ4v) is 4.03. The van der Waals surface area contributed by atoms with Crippen LogP contribution in [0, 0.1) is 23.7 Å². The molecule has 8 nitrogen and oxygen atoms in total. The first kappa shape index (κ1) is 30.6. The molecule has 0 aliphatic heterocycles. The van der Waals surface area contributed by atoms with Gasteiger partial charge in [0.05, 0.1) is 17.4 Å². The van der Waals surface area contributed by atoms with Gasteiger partial charge in [0.15, 0.2) is 0 Å². The van der Waals surface area contributed by atoms with Crippen LogP contribution in [-0.4, -0.2) is 48.1 Å². The number of unbranched alkanes of at least 4 members (excludes halogenated alkanes) is 1. The summed E-state index contributed by atoms with van der Waals surface area (Å²) in [7, 11) is 0. The van der Waals surface area contributed by atoms with E-state index in [1.165, 1.54) is 6.92 Å². The summed E-state index contributed by atoms with van der Waals surface area (Å²) in [6.07, 6.45) is 1.92. The van der Waals surface area contributed by atoms with Crippen molar-refractivity contribution in [2.24, 2.45) is 29.4 Å². The van der Waals surface area contributed by atoms with Gasteiger partial charge in [-0.05, 0) is 49.1 Å². The molecule has 6 N–H and O–H groups in total. The van der Waals surface area contributed by atoms with E-state index in [4.69, 9.17) is 5.73 Å². The average Bonchev–Trinajstić information content (AvgIpc) is 2.79. The molecule has 0 unspecified atom stereocenters. The van der Waals surface area contributed by atoms with E-state index >= 15 is 0 Å². The molecule has 8 heteroatoms. The number of benzene rings is 1. The van der Waals surface area contributed by atoms with E-state index in [2.05, 4.69) is 36.7 Å². The summed E-state index contributed by atoms with van der Waals surface area (Å²) in [5.74, 6) is -0.533. The van der Waals surface area contributed by atoms with Crippen molar-refractivity contribution in [2.75, 3.05) is 18.4 Å². The van der Waals surface area contributed by atoms with Crippen LogP contribution in [0.5, 0.6) is 0 Å². The minimum absolute atomic E-state index is 0.0346. The number of aliphatic hydroxyl groups excluding tert-OH is 1. The van der Waals surface area contributed by atoms with E-state index in [0.29, 0.717) is 37.2 Å². The molecule has 0 heterocycles. The third kappa shape index (κ3) is 10.8. The second-order valence-corrected chi connectivity index (χ2v) is 10.1. The molecular weight excluding hydrogens is 444 g/mol. The molecule has 1 aromatic rings. The van der Waals surface area contributed by atoms with E-state index in [-0.39, 0.29) is 41.4 Å². The van der Waals surface area contributed by atoms with Crippen molar-refractivity contribution in [3.63, 3.8) is 0 Å². The number of para-hydroxylation sites is 1. The lowest BCUT2D eigenvalue weighted by Crippen LogP contribution is -2.44. The van der Waals surface area contributed by atoms with Gasteiger partial charge in [-0.25, -0.2) is 0 Å². The van der Waals surface area contributed by atoms with Gasteiger partial charge in [-0.15, -0.1) is 0 Å². The topological polar surface area (TPSA) is 134 Å². The number of carbonyl (C=O) groups is 3. The van der Waals surface area contributed by atoms with Crippen molar-refractivity contribution in [1.29, 1.82) is 0 Å². The number of anilines is 1. The number of aliphatic hydroxyl groups is 1. The Balaban J connectivity index is 2.75. The number of nitrogens with two attached hydrogens (primary N) is 1. The van der Waals surface area contributed by atoms with Crippen LogP contribution in [0.2, 0.25) is 0 Å². The lowest BCUT2D eigenvalue weighted by molar-refractivity contribution is -0.127. The summed E-state index contributed by atoms with van der Waals surface area (Å²) >= 11 is 0. The molecular formula is C27H46N4O4. The van der Waals surface area contributed by atoms with Gasteiger partial charge in [0.1, 0.15) is 0 Å². The first-order valence-electron chi connectivity index (χ1n) is 12.8. The average molecular weight is 491 g/mol. The molecule has 0 aliphatic carbocycles. The van der Waals surface area contributed by atoms with Gasteiger partial charge in [-0.2, -0.15) is 0 Å². The fraction of sp³-hybridized carbons (Fsp3) is 0.667. The Hall–Kier alpha value is -2.45. The zero-order valence-electron chi connectivity index (χ0n) is 22.3. The quantitative estimate of drug-likeness (QED) is 0.241. The third-order valence-electron chi connectivity index (χ3n) is 6.49. The molecule has 1 aromatic carbocycles. The van der Waals surface area contributed by atoms with Crippen molar-refractivity contribution in [3.05, 3.63) is 29.8 Å². The molecule has 0 bridgehead atoms. The highest BCUT2D eigenvalue weighted by atomic mass is 16.3. The van der Waals surface area contributed by atoms with Crippen LogP contribution >= 0.6 is 0 Å². The Morgan fingerprint density at radius 1 is 1.00 bits per heavy atom. The molecule has 0 aliphatic rings. The number of nitrogens with one attached hydrogen (secondary N) is 3. The van der Waals surface area contributed by atoms with Crippen molar-refractivity contribution >= 4 is 23.4 Å². The maximum Gasteiger partial charge on any atom is 0.253 e. The number of hydrogen-bond acceptors (Lipinski definition) is 5. The zero-order valence-corrected chi connectivity index (χ0v) is 22.3. The van der Waals surface area contributed by atoms with Gasteiger partial charge < -0.3 is 26.8 Å². The van der Waals surface area contributed by atoms with Crippen LogP contribution in [0.25, 0.3) is 0 Å². The van der Waals surface area contributed by atoms with Gasteiger partial charge in [0, 0.05) is 32.0 Å². The van der Waals surface area contributed by atoms with E-state index < -0.39 is 12.1 Å². The molecule has 0 saturated heterocycles. The van der Waals surface area contributed by atoms with Gasteiger partial charge in [0.25, 0.3) is 5.91 Å². The highest BCUT2D eigenvalue weighted by Crippen LogP contribution is 2.23. The summed E-state index contributed by atoms with van der Waals surface area (Å²) in [6.45, 7) is 12.6. The van der Waals surface area contributed by atoms with Crippen LogP contribution in [0.4, 0.5) is 5.69 Å². The number of carbonyl (C=O) groups excluding carboxylic acids is 3. The molecule has 0 saturated carbocycles. The minimum atomic E-state index is -0.822. The summed E-state index contributed by atoms with van der Waals surface area (Å²) in [4.78, 5) is 36.9. The Bertz CT molecular complexity index is 812. The number of amides is 3. The molecule has 0 radical (unpaired) electrons. The summed E-state index contributed by atoms with van der Waals surface area (Å²) < 4.78 is 0. The molecule has 3 amide bonds. The highest BCUT2D eigenvalue weighted by molar-refractivity contribution is 6.03. The van der Waals surface area contributed by atoms with Gasteiger partial charge >= 0.3 is 0 Å². The Morgan fingerprint density at radius 3 is 2.23 bits per heavy atom. The first-order valence-corrected chi connectivity index (χ1v) is 12.8. The lowest BCUT2D eigenvalue weighted by atomic mass is 9.83. The second kappa shape index (κ2) is 15.5. The van der Waals surface area contributed by atoms with Gasteiger partial charge in [-0.1, -0.05) is 53.2 Å². The Kier molecular flexibility index (Phi) is 13.6. The normalized spacial score (nSPS) is 14.8. The van der Waals surface area contributed by atoms with Crippen LogP contribution in [0.15, 0.2) is 24.3 Å². The molecule has 4 atom stereocenters. The van der Waals surface area contributed by atoms with E-state index in [1.807, 2.05) is 13.8 Å². The number of hydrogen-bond donors (Lipinski definition) is 5. The number of rotatable bonds is 15. The Labute approximate surface area is 210 Å². The zero-order chi connectivity index (χ0) is 26.5. The minimum Gasteiger partial charge on any atom is -0.391 e. The molecule has 0 spiro atoms. The summed E-state index contributed by atoms with van der Waals surface area (Å²) in [6, 6.07) is 6.34. The third-order valence-corrected chi connectivity index (χ3v) is 6.49. The van der Waals surface area contributed by atoms with Crippen molar-refractivity contribution in [3.8, 4) is 0 Å². The fourth-order valence-electron chi connectivity index (χ4n) is 4.03. The molecule has 35 heavy (non-hydrogen) atoms. The van der Waals surface area contributed by atoms with Crippen LogP contribution in [-0.2, 0) is 9.59 Å². The largest absolute Gasteiger partial charge is 0.391 e. The first-order chi connectivity index (χ1) is 16.5. The standard InChI is InChI=1S/C27H46N4O4/c1-7-8-13-29-27(35)22(18(4)5)15-25(33)23(28)14-20(17(2)3)16-30-26(34)21-11-9-10-12-24(21)31-19(6)32/h9-12,17-18,20,22-23,25,33H,7-8,13-16,28H2,1-6H3,(H,29,35)(H,30,34)(H,31,32)/t20-,22+,23+,25+/m1/s1. The molecule has 198 valence electrons. The predicted molar refractivity (Wildman–Crippen MR) is 141 cm³/mol. The van der Waals surface area contributed by atoms with E-state index in [0.717, 1.165) is 12.8 Å². The smallest absolute Gasteiger partial charge is 0.253 e. The van der Waals surface area contributed by atoms with Crippen molar-refractivity contribution < 1.29 is 19.5 Å². The predicted octanol–water partition coefficient (Wildman–Crippen LogP) is 3.30. The molecule has 0 aromatic heterocycles. The van der Waals surface area contributed by atoms with E-state index in [9.17, 15) is 19.5 Å². The van der Waals surface area contributed by atoms with Crippen molar-refractivity contribution in [1.82, 2.24) is 10.6 Å². The maximum atomic E-state index is 12.8. The maximum absolute atomic E-state index is 12.8. The van der Waals surface area contributed by atoms with Crippen LogP contribution in [0.3, 0.4) is 0 Å². The highest BCUT2D eigenvalue weighted by Gasteiger charge is 2.29. The van der Waals surface area contributed by atoms with Gasteiger partial charge in [0.2, 0.25) is 11.8 Å². The summed E-state index contributed by atoms with van der Waals surface area (Å²) in [5, 5.41) is 19.4. The SMILES string of the molecule is CCCCNC(=O)[C@@H](C[C@H](O)[C@@H](N)C[C@H](CNC(=O)c1ccccc1NC(C)=O)C(C)C)C(C)C.